The second-order valence-corrected chi connectivity index (χ2v) is 31.7. The Morgan fingerprint density at radius 2 is 0.424 bits per heavy atom. The summed E-state index contributed by atoms with van der Waals surface area (Å²) in [5, 5.41) is 23.5. The third-order valence-electron chi connectivity index (χ3n) is 21.2. The summed E-state index contributed by atoms with van der Waals surface area (Å²) in [4.78, 5) is 9.19. The molecule has 18 aromatic carbocycles. The maximum absolute atomic E-state index is 9.31. The van der Waals surface area contributed by atoms with Crippen molar-refractivity contribution in [1.82, 2.24) is 0 Å². The Labute approximate surface area is 705 Å². The molecule has 0 saturated heterocycles. The zero-order chi connectivity index (χ0) is 79.5. The number of hydrogen-bond acceptors (Lipinski definition) is 8. The first kappa shape index (κ1) is 75.4. The van der Waals surface area contributed by atoms with Gasteiger partial charge in [-0.2, -0.15) is 0 Å². The lowest BCUT2D eigenvalue weighted by Crippen LogP contribution is -2.29. The van der Waals surface area contributed by atoms with Gasteiger partial charge in [-0.1, -0.05) is 283 Å². The summed E-state index contributed by atoms with van der Waals surface area (Å²) < 4.78 is 5.80. The van der Waals surface area contributed by atoms with Crippen LogP contribution in [0.15, 0.2) is 466 Å². The molecule has 20 aromatic rings. The number of halogens is 1. The van der Waals surface area contributed by atoms with Crippen molar-refractivity contribution < 1.29 is 10.0 Å². The third-order valence-corrected chi connectivity index (χ3v) is 24.1. The van der Waals surface area contributed by atoms with Gasteiger partial charge in [0.2, 0.25) is 0 Å². The summed E-state index contributed by atoms with van der Waals surface area (Å²) in [6, 6.07) is 163. The molecular weight excluding hydrogens is 1540 g/mol. The van der Waals surface area contributed by atoms with Crippen LogP contribution in [0, 0.1) is 0 Å². The van der Waals surface area contributed by atoms with Crippen LogP contribution in [0.4, 0.5) is 68.2 Å². The molecule has 0 saturated carbocycles. The van der Waals surface area contributed by atoms with E-state index >= 15 is 0 Å². The molecule has 0 atom stereocenters. The average Bonchev–Trinajstić information content (AvgIpc) is 1.58. The Kier molecular flexibility index (Phi) is 22.4. The number of fused-ring (bicyclic) bond motifs is 6. The molecule has 564 valence electrons. The molecule has 0 aliphatic heterocycles. The fraction of sp³-hybridized carbons (Fsp3) is 0. The largest absolute Gasteiger partial charge is 0.489 e. The molecule has 10 heteroatoms. The summed E-state index contributed by atoms with van der Waals surface area (Å²) in [6.07, 6.45) is 0. The van der Waals surface area contributed by atoms with E-state index in [4.69, 9.17) is 0 Å². The van der Waals surface area contributed by atoms with Crippen molar-refractivity contribution >= 4 is 160 Å². The van der Waals surface area contributed by atoms with Crippen LogP contribution in [0.3, 0.4) is 0 Å². The highest BCUT2D eigenvalue weighted by Crippen LogP contribution is 2.46. The molecule has 0 aliphatic carbocycles. The average molecular weight is 1620 g/mol. The minimum Gasteiger partial charge on any atom is -0.423 e. The molecule has 2 aromatic heterocycles. The van der Waals surface area contributed by atoms with E-state index in [-0.39, 0.29) is 0 Å². The van der Waals surface area contributed by atoms with Gasteiger partial charge in [-0.3, -0.25) is 0 Å². The quantitative estimate of drug-likeness (QED) is 0.0835. The van der Waals surface area contributed by atoms with Gasteiger partial charge in [0.1, 0.15) is 0 Å². The van der Waals surface area contributed by atoms with E-state index in [0.717, 1.165) is 93.9 Å². The van der Waals surface area contributed by atoms with E-state index in [1.54, 1.807) is 17.4 Å². The summed E-state index contributed by atoms with van der Waals surface area (Å²) in [5.74, 6) is 0. The monoisotopic (exact) mass is 1620 g/mol. The summed E-state index contributed by atoms with van der Waals surface area (Å²) >= 11 is 7.26. The Morgan fingerprint density at radius 3 is 0.720 bits per heavy atom. The predicted molar refractivity (Wildman–Crippen MR) is 509 cm³/mol. The standard InChI is InChI=1S/C54H38N2S.C42H31BrN2.C12H9BO2S/c1-5-16-44(17-6-1)55(45-18-7-2-8-19-45)48-32-28-39(29-33-48)41-36-42(38-43(37-41)50-25-15-26-52-51-24-13-14-27-53(51)57-54(50)52)40-30-34-49(35-31-40)56(46-20-9-3-10-21-46)47-22-11-4-12-23-47;43-36-30-34(32-21-25-41(26-22-32)44(37-13-5-1-6-14-37)38-15-7-2-8-16-38)29-35(31-36)33-23-27-42(28-24-33)45(39-17-9-3-10-18-39)40-19-11-4-12-20-40;14-13(15)10-6-3-5-9-8-4-1-2-7-11(8)16-12(9)10/h1-38H;1-31H;1-7,14-15H. The molecular formula is C108H78BBrN4O2S2. The molecule has 0 unspecified atom stereocenters. The van der Waals surface area contributed by atoms with Crippen molar-refractivity contribution in [3.8, 4) is 55.6 Å². The number of thiophene rings is 2. The van der Waals surface area contributed by atoms with Gasteiger partial charge in [0, 0.05) is 108 Å². The molecule has 0 aliphatic rings. The van der Waals surface area contributed by atoms with Crippen molar-refractivity contribution in [2.45, 2.75) is 0 Å². The minimum atomic E-state index is -1.41. The van der Waals surface area contributed by atoms with Gasteiger partial charge in [0.25, 0.3) is 0 Å². The molecule has 0 spiro atoms. The first-order valence-corrected chi connectivity index (χ1v) is 41.8. The third kappa shape index (κ3) is 16.4. The molecule has 0 radical (unpaired) electrons. The highest BCUT2D eigenvalue weighted by Gasteiger charge is 2.22. The SMILES string of the molecule is Brc1cc(-c2ccc(N(c3ccccc3)c3ccccc3)cc2)cc(-c2ccc(N(c3ccccc3)c3ccccc3)cc2)c1.OB(O)c1cccc2c1sc1ccccc12.c1ccc(N(c2ccccc2)c2ccc(-c3cc(-c4ccc(N(c5ccccc5)c5ccccc5)cc4)cc(-c4cccc5c4sc4ccccc45)c3)cc2)cc1. The lowest BCUT2D eigenvalue weighted by atomic mass is 9.80. The van der Waals surface area contributed by atoms with Gasteiger partial charge in [0.05, 0.1) is 0 Å². The van der Waals surface area contributed by atoms with Crippen molar-refractivity contribution in [2.24, 2.45) is 0 Å². The highest BCUT2D eigenvalue weighted by molar-refractivity contribution is 9.10. The summed E-state index contributed by atoms with van der Waals surface area (Å²) in [6.45, 7) is 0. The molecule has 2 N–H and O–H groups in total. The van der Waals surface area contributed by atoms with Crippen LogP contribution >= 0.6 is 38.6 Å². The number of benzene rings is 18. The lowest BCUT2D eigenvalue weighted by Gasteiger charge is -2.25. The Bertz CT molecular complexity index is 6310. The first-order valence-electron chi connectivity index (χ1n) is 39.4. The van der Waals surface area contributed by atoms with E-state index in [1.165, 1.54) is 74.8 Å². The maximum atomic E-state index is 9.31. The van der Waals surface area contributed by atoms with Gasteiger partial charge >= 0.3 is 7.12 Å². The van der Waals surface area contributed by atoms with Gasteiger partial charge in [-0.25, -0.2) is 0 Å². The van der Waals surface area contributed by atoms with Crippen LogP contribution in [0.2, 0.25) is 0 Å². The second-order valence-electron chi connectivity index (χ2n) is 28.7. The van der Waals surface area contributed by atoms with E-state index < -0.39 is 7.12 Å². The maximum Gasteiger partial charge on any atom is 0.489 e. The van der Waals surface area contributed by atoms with Gasteiger partial charge < -0.3 is 29.6 Å². The molecule has 0 fully saturated rings. The normalized spacial score (nSPS) is 11.0. The number of hydrogen-bond donors (Lipinski definition) is 2. The van der Waals surface area contributed by atoms with E-state index in [2.05, 4.69) is 460 Å². The van der Waals surface area contributed by atoms with Gasteiger partial charge in [0.15, 0.2) is 0 Å². The molecule has 118 heavy (non-hydrogen) atoms. The molecule has 0 bridgehead atoms. The Hall–Kier alpha value is -13.9. The van der Waals surface area contributed by atoms with Gasteiger partial charge in [-0.05, 0) is 261 Å². The number of nitrogens with zero attached hydrogens (tertiary/aromatic N) is 4. The molecule has 20 rings (SSSR count). The second kappa shape index (κ2) is 35.0. The van der Waals surface area contributed by atoms with Crippen molar-refractivity contribution in [3.63, 3.8) is 0 Å². The van der Waals surface area contributed by atoms with Crippen LogP contribution in [-0.4, -0.2) is 17.2 Å². The van der Waals surface area contributed by atoms with E-state index in [0.29, 0.717) is 5.46 Å². The summed E-state index contributed by atoms with van der Waals surface area (Å²) in [5.41, 5.74) is 25.8. The zero-order valence-corrected chi connectivity index (χ0v) is 67.6. The first-order chi connectivity index (χ1) is 58.3. The highest BCUT2D eigenvalue weighted by atomic mass is 79.9. The van der Waals surface area contributed by atoms with Crippen molar-refractivity contribution in [1.29, 1.82) is 0 Å². The molecule has 0 amide bonds. The molecule has 6 nitrogen and oxygen atoms in total. The fourth-order valence-electron chi connectivity index (χ4n) is 15.6. The van der Waals surface area contributed by atoms with Gasteiger partial charge in [-0.15, -0.1) is 22.7 Å². The van der Waals surface area contributed by atoms with Crippen LogP contribution in [0.5, 0.6) is 0 Å². The fourth-order valence-corrected chi connectivity index (χ4v) is 18.6. The van der Waals surface area contributed by atoms with Crippen molar-refractivity contribution in [3.05, 3.63) is 466 Å². The predicted octanol–water partition coefficient (Wildman–Crippen LogP) is 30.5. The number of rotatable bonds is 18. The summed E-state index contributed by atoms with van der Waals surface area (Å²) in [7, 11) is -1.41. The smallest absolute Gasteiger partial charge is 0.423 e. The number of para-hydroxylation sites is 8. The van der Waals surface area contributed by atoms with E-state index in [9.17, 15) is 10.0 Å². The Balaban J connectivity index is 0.000000139. The minimum absolute atomic E-state index is 0.582. The van der Waals surface area contributed by atoms with Crippen molar-refractivity contribution in [2.75, 3.05) is 19.6 Å². The lowest BCUT2D eigenvalue weighted by molar-refractivity contribution is 0.426. The number of anilines is 12. The van der Waals surface area contributed by atoms with Crippen LogP contribution in [0.1, 0.15) is 0 Å². The molecule has 2 heterocycles. The van der Waals surface area contributed by atoms with E-state index in [1.807, 2.05) is 41.7 Å². The van der Waals surface area contributed by atoms with Crippen LogP contribution in [-0.2, 0) is 0 Å². The Morgan fingerprint density at radius 1 is 0.195 bits per heavy atom. The van der Waals surface area contributed by atoms with Crippen LogP contribution in [0.25, 0.3) is 96.0 Å². The topological polar surface area (TPSA) is 53.4 Å². The van der Waals surface area contributed by atoms with Crippen LogP contribution < -0.4 is 25.1 Å². The zero-order valence-electron chi connectivity index (χ0n) is 64.3.